The summed E-state index contributed by atoms with van der Waals surface area (Å²) in [6.07, 6.45) is 7.35. The van der Waals surface area contributed by atoms with E-state index in [-0.39, 0.29) is 0 Å². The second-order valence-electron chi connectivity index (χ2n) is 5.57. The third-order valence-corrected chi connectivity index (χ3v) is 5.37. The second kappa shape index (κ2) is 6.74. The lowest BCUT2D eigenvalue weighted by Crippen LogP contribution is -2.28. The van der Waals surface area contributed by atoms with Gasteiger partial charge in [0.05, 0.1) is 4.90 Å². The molecule has 1 aromatic heterocycles. The number of sulfonamides is 1. The summed E-state index contributed by atoms with van der Waals surface area (Å²) in [7, 11) is -3.40. The van der Waals surface area contributed by atoms with E-state index in [0.29, 0.717) is 23.9 Å². The van der Waals surface area contributed by atoms with Gasteiger partial charge in [-0.15, -0.1) is 0 Å². The summed E-state index contributed by atoms with van der Waals surface area (Å²) in [6.45, 7) is 3.77. The van der Waals surface area contributed by atoms with Crippen molar-refractivity contribution in [3.63, 3.8) is 0 Å². The molecule has 1 heterocycles. The minimum Gasteiger partial charge on any atom is -0.349 e. The summed E-state index contributed by atoms with van der Waals surface area (Å²) < 4.78 is 29.3. The summed E-state index contributed by atoms with van der Waals surface area (Å²) in [5.74, 6) is 0.497. The van der Waals surface area contributed by atoms with Gasteiger partial charge in [0.2, 0.25) is 10.0 Å². The van der Waals surface area contributed by atoms with Crippen molar-refractivity contribution in [3.8, 4) is 0 Å². The Labute approximate surface area is 121 Å². The van der Waals surface area contributed by atoms with Crippen LogP contribution in [-0.2, 0) is 23.1 Å². The predicted molar refractivity (Wildman–Crippen MR) is 79.8 cm³/mol. The van der Waals surface area contributed by atoms with Crippen LogP contribution in [0.5, 0.6) is 0 Å². The van der Waals surface area contributed by atoms with E-state index in [1.54, 1.807) is 12.3 Å². The van der Waals surface area contributed by atoms with Gasteiger partial charge < -0.3 is 10.3 Å². The Hall–Kier alpha value is -0.850. The fourth-order valence-corrected chi connectivity index (χ4v) is 4.00. The van der Waals surface area contributed by atoms with Crippen molar-refractivity contribution in [3.05, 3.63) is 18.0 Å². The molecule has 0 spiro atoms. The minimum absolute atomic E-state index is 0.337. The molecular formula is C14H25N3O2S. The molecule has 0 saturated heterocycles. The molecule has 0 bridgehead atoms. The highest BCUT2D eigenvalue weighted by Gasteiger charge is 2.21. The highest BCUT2D eigenvalue weighted by Crippen LogP contribution is 2.24. The number of nitrogens with zero attached hydrogens (tertiary/aromatic N) is 1. The van der Waals surface area contributed by atoms with Crippen molar-refractivity contribution in [2.75, 3.05) is 6.54 Å². The van der Waals surface area contributed by atoms with Gasteiger partial charge in [-0.1, -0.05) is 19.8 Å². The van der Waals surface area contributed by atoms with Crippen LogP contribution in [0.15, 0.2) is 17.2 Å². The van der Waals surface area contributed by atoms with E-state index in [0.717, 1.165) is 31.5 Å². The van der Waals surface area contributed by atoms with E-state index in [1.165, 1.54) is 12.8 Å². The maximum absolute atomic E-state index is 12.3. The first-order chi connectivity index (χ1) is 9.56. The Kier molecular flexibility index (Phi) is 5.23. The highest BCUT2D eigenvalue weighted by molar-refractivity contribution is 7.89. The van der Waals surface area contributed by atoms with E-state index < -0.39 is 10.0 Å². The lowest BCUT2D eigenvalue weighted by Gasteiger charge is -2.10. The zero-order valence-electron chi connectivity index (χ0n) is 12.1. The summed E-state index contributed by atoms with van der Waals surface area (Å²) in [6, 6.07) is 1.69. The van der Waals surface area contributed by atoms with Gasteiger partial charge in [0, 0.05) is 31.5 Å². The van der Waals surface area contributed by atoms with Crippen LogP contribution in [0.4, 0.5) is 0 Å². The third kappa shape index (κ3) is 3.62. The molecule has 0 aliphatic heterocycles. The van der Waals surface area contributed by atoms with Crippen LogP contribution in [0.2, 0.25) is 0 Å². The molecule has 2 rings (SSSR count). The molecule has 0 atom stereocenters. The molecular weight excluding hydrogens is 274 g/mol. The Balaban J connectivity index is 2.07. The monoisotopic (exact) mass is 299 g/mol. The number of rotatable bonds is 7. The molecule has 0 amide bonds. The van der Waals surface area contributed by atoms with Crippen molar-refractivity contribution in [2.45, 2.75) is 57.0 Å². The van der Waals surface area contributed by atoms with E-state index in [2.05, 4.69) is 11.6 Å². The average Bonchev–Trinajstić information content (AvgIpc) is 3.06. The van der Waals surface area contributed by atoms with E-state index in [1.807, 2.05) is 4.57 Å². The maximum Gasteiger partial charge on any atom is 0.242 e. The molecule has 20 heavy (non-hydrogen) atoms. The second-order valence-corrected chi connectivity index (χ2v) is 7.33. The number of nitrogens with one attached hydrogen (secondary N) is 1. The fourth-order valence-electron chi connectivity index (χ4n) is 2.82. The number of hydrogen-bond acceptors (Lipinski definition) is 3. The molecule has 114 valence electrons. The number of nitrogens with two attached hydrogens (primary N) is 1. The van der Waals surface area contributed by atoms with E-state index in [4.69, 9.17) is 5.73 Å². The van der Waals surface area contributed by atoms with Gasteiger partial charge in [-0.25, -0.2) is 13.1 Å². The lowest BCUT2D eigenvalue weighted by molar-refractivity contribution is 0.519. The number of hydrogen-bond donors (Lipinski definition) is 2. The van der Waals surface area contributed by atoms with Gasteiger partial charge in [0.1, 0.15) is 0 Å². The largest absolute Gasteiger partial charge is 0.349 e. The average molecular weight is 299 g/mol. The molecule has 1 saturated carbocycles. The molecule has 1 aromatic rings. The summed E-state index contributed by atoms with van der Waals surface area (Å²) >= 11 is 0. The van der Waals surface area contributed by atoms with Gasteiger partial charge >= 0.3 is 0 Å². The zero-order valence-corrected chi connectivity index (χ0v) is 13.0. The summed E-state index contributed by atoms with van der Waals surface area (Å²) in [5.41, 5.74) is 6.54. The SMILES string of the molecule is CCCn1cc(S(=O)(=O)NCC2CCCC2)cc1CN. The maximum atomic E-state index is 12.3. The molecule has 0 unspecified atom stereocenters. The van der Waals surface area contributed by atoms with Crippen LogP contribution < -0.4 is 10.5 Å². The smallest absolute Gasteiger partial charge is 0.242 e. The van der Waals surface area contributed by atoms with Crippen molar-refractivity contribution >= 4 is 10.0 Å². The standard InChI is InChI=1S/C14H25N3O2S/c1-2-7-17-11-14(8-13(17)9-15)20(18,19)16-10-12-5-3-4-6-12/h8,11-12,16H,2-7,9-10,15H2,1H3. The molecule has 1 aliphatic rings. The molecule has 1 fully saturated rings. The van der Waals surface area contributed by atoms with Crippen LogP contribution >= 0.6 is 0 Å². The van der Waals surface area contributed by atoms with Gasteiger partial charge in [-0.05, 0) is 31.2 Å². The van der Waals surface area contributed by atoms with Crippen LogP contribution in [0.1, 0.15) is 44.7 Å². The van der Waals surface area contributed by atoms with Gasteiger partial charge in [-0.3, -0.25) is 0 Å². The van der Waals surface area contributed by atoms with Gasteiger partial charge in [0.15, 0.2) is 0 Å². The van der Waals surface area contributed by atoms with Crippen molar-refractivity contribution in [2.24, 2.45) is 11.7 Å². The first-order valence-corrected chi connectivity index (χ1v) is 8.94. The lowest BCUT2D eigenvalue weighted by atomic mass is 10.1. The van der Waals surface area contributed by atoms with Crippen LogP contribution in [0, 0.1) is 5.92 Å². The van der Waals surface area contributed by atoms with Crippen LogP contribution in [0.3, 0.4) is 0 Å². The molecule has 5 nitrogen and oxygen atoms in total. The van der Waals surface area contributed by atoms with Crippen LogP contribution in [0.25, 0.3) is 0 Å². The number of aryl methyl sites for hydroxylation is 1. The van der Waals surface area contributed by atoms with Crippen LogP contribution in [-0.4, -0.2) is 19.5 Å². The first kappa shape index (κ1) is 15.5. The highest BCUT2D eigenvalue weighted by atomic mass is 32.2. The first-order valence-electron chi connectivity index (χ1n) is 7.45. The molecule has 6 heteroatoms. The van der Waals surface area contributed by atoms with Crippen molar-refractivity contribution < 1.29 is 8.42 Å². The third-order valence-electron chi connectivity index (χ3n) is 3.98. The topological polar surface area (TPSA) is 77.1 Å². The van der Waals surface area contributed by atoms with Crippen molar-refractivity contribution in [1.82, 2.24) is 9.29 Å². The Morgan fingerprint density at radius 3 is 2.70 bits per heavy atom. The predicted octanol–water partition coefficient (Wildman–Crippen LogP) is 1.83. The summed E-state index contributed by atoms with van der Waals surface area (Å²) in [4.78, 5) is 0.337. The van der Waals surface area contributed by atoms with Gasteiger partial charge in [-0.2, -0.15) is 0 Å². The quantitative estimate of drug-likeness (QED) is 0.806. The minimum atomic E-state index is -3.40. The number of aromatic nitrogens is 1. The van der Waals surface area contributed by atoms with Crippen molar-refractivity contribution in [1.29, 1.82) is 0 Å². The molecule has 3 N–H and O–H groups in total. The molecule has 0 aromatic carbocycles. The normalized spacial score (nSPS) is 16.9. The van der Waals surface area contributed by atoms with E-state index >= 15 is 0 Å². The zero-order chi connectivity index (χ0) is 14.6. The molecule has 1 aliphatic carbocycles. The summed E-state index contributed by atoms with van der Waals surface area (Å²) in [5, 5.41) is 0. The fraction of sp³-hybridized carbons (Fsp3) is 0.714. The Bertz CT molecular complexity index is 531. The van der Waals surface area contributed by atoms with E-state index in [9.17, 15) is 8.42 Å². The molecule has 0 radical (unpaired) electrons. The Morgan fingerprint density at radius 1 is 1.40 bits per heavy atom. The Morgan fingerprint density at radius 2 is 2.10 bits per heavy atom. The van der Waals surface area contributed by atoms with Gasteiger partial charge in [0.25, 0.3) is 0 Å².